The van der Waals surface area contributed by atoms with Crippen LogP contribution in [0, 0.1) is 0 Å². The van der Waals surface area contributed by atoms with Crippen LogP contribution in [0.3, 0.4) is 0 Å². The molecular weight excluding hydrogens is 350 g/mol. The van der Waals surface area contributed by atoms with Crippen LogP contribution in [0.15, 0.2) is 42.7 Å². The fourth-order valence-electron chi connectivity index (χ4n) is 3.78. The van der Waals surface area contributed by atoms with E-state index in [2.05, 4.69) is 63.2 Å². The van der Waals surface area contributed by atoms with Gasteiger partial charge in [0.05, 0.1) is 18.7 Å². The molecule has 4 rings (SSSR count). The SMILES string of the molecule is CCc1nccn1CCCNCc1cc2ccccc2nc1N1CCOCC1. The van der Waals surface area contributed by atoms with E-state index in [0.717, 1.165) is 75.9 Å². The van der Waals surface area contributed by atoms with Gasteiger partial charge in [-0.3, -0.25) is 0 Å². The molecule has 2 aromatic heterocycles. The summed E-state index contributed by atoms with van der Waals surface area (Å²) in [4.78, 5) is 11.7. The summed E-state index contributed by atoms with van der Waals surface area (Å²) in [6, 6.07) is 10.6. The normalized spacial score (nSPS) is 14.7. The molecule has 1 aromatic carbocycles. The summed E-state index contributed by atoms with van der Waals surface area (Å²) in [5.74, 6) is 2.26. The number of nitrogens with zero attached hydrogens (tertiary/aromatic N) is 4. The number of nitrogens with one attached hydrogen (secondary N) is 1. The van der Waals surface area contributed by atoms with Crippen molar-refractivity contribution in [2.45, 2.75) is 32.9 Å². The summed E-state index contributed by atoms with van der Waals surface area (Å²) in [5.41, 5.74) is 2.32. The molecule has 6 heteroatoms. The Bertz CT molecular complexity index is 901. The molecule has 0 radical (unpaired) electrons. The quantitative estimate of drug-likeness (QED) is 0.610. The smallest absolute Gasteiger partial charge is 0.133 e. The Morgan fingerprint density at radius 3 is 2.89 bits per heavy atom. The number of benzene rings is 1. The predicted octanol–water partition coefficient (Wildman–Crippen LogP) is 3.01. The van der Waals surface area contributed by atoms with E-state index in [4.69, 9.17) is 9.72 Å². The highest BCUT2D eigenvalue weighted by molar-refractivity contribution is 5.81. The fourth-order valence-corrected chi connectivity index (χ4v) is 3.78. The van der Waals surface area contributed by atoms with E-state index >= 15 is 0 Å². The number of hydrogen-bond acceptors (Lipinski definition) is 5. The monoisotopic (exact) mass is 379 g/mol. The number of rotatable bonds is 8. The van der Waals surface area contributed by atoms with Crippen molar-refractivity contribution in [2.24, 2.45) is 0 Å². The molecule has 0 amide bonds. The lowest BCUT2D eigenvalue weighted by Gasteiger charge is -2.30. The maximum atomic E-state index is 5.52. The molecular formula is C22H29N5O. The molecule has 0 aliphatic carbocycles. The number of morpholine rings is 1. The molecule has 3 heterocycles. The second kappa shape index (κ2) is 9.17. The molecule has 0 spiro atoms. The third kappa shape index (κ3) is 4.34. The molecule has 3 aromatic rings. The van der Waals surface area contributed by atoms with Crippen LogP contribution in [0.25, 0.3) is 10.9 Å². The van der Waals surface area contributed by atoms with Gasteiger partial charge in [-0.05, 0) is 25.1 Å². The van der Waals surface area contributed by atoms with Gasteiger partial charge in [-0.2, -0.15) is 0 Å². The topological polar surface area (TPSA) is 55.2 Å². The highest BCUT2D eigenvalue weighted by atomic mass is 16.5. The van der Waals surface area contributed by atoms with Crippen molar-refractivity contribution >= 4 is 16.7 Å². The summed E-state index contributed by atoms with van der Waals surface area (Å²) in [6.45, 7) is 8.29. The van der Waals surface area contributed by atoms with Gasteiger partial charge in [-0.15, -0.1) is 0 Å². The van der Waals surface area contributed by atoms with Crippen molar-refractivity contribution in [2.75, 3.05) is 37.7 Å². The number of aromatic nitrogens is 3. The summed E-state index contributed by atoms with van der Waals surface area (Å²) in [7, 11) is 0. The average Bonchev–Trinajstić information content (AvgIpc) is 3.21. The molecule has 1 aliphatic rings. The molecule has 0 unspecified atom stereocenters. The zero-order valence-corrected chi connectivity index (χ0v) is 16.6. The van der Waals surface area contributed by atoms with E-state index in [1.54, 1.807) is 0 Å². The van der Waals surface area contributed by atoms with Crippen LogP contribution in [0.5, 0.6) is 0 Å². The van der Waals surface area contributed by atoms with Crippen molar-refractivity contribution in [3.8, 4) is 0 Å². The third-order valence-electron chi connectivity index (χ3n) is 5.28. The molecule has 1 N–H and O–H groups in total. The van der Waals surface area contributed by atoms with Gasteiger partial charge < -0.3 is 19.5 Å². The third-order valence-corrected chi connectivity index (χ3v) is 5.28. The summed E-state index contributed by atoms with van der Waals surface area (Å²) in [5, 5.41) is 4.81. The van der Waals surface area contributed by atoms with Gasteiger partial charge in [-0.1, -0.05) is 25.1 Å². The fraction of sp³-hybridized carbons (Fsp3) is 0.455. The minimum Gasteiger partial charge on any atom is -0.378 e. The van der Waals surface area contributed by atoms with Gasteiger partial charge in [0.15, 0.2) is 0 Å². The minimum atomic E-state index is 0.770. The molecule has 0 atom stereocenters. The number of fused-ring (bicyclic) bond motifs is 1. The maximum absolute atomic E-state index is 5.52. The van der Waals surface area contributed by atoms with Crippen molar-refractivity contribution in [1.82, 2.24) is 19.9 Å². The van der Waals surface area contributed by atoms with Crippen LogP contribution in [-0.4, -0.2) is 47.4 Å². The lowest BCUT2D eigenvalue weighted by molar-refractivity contribution is 0.122. The molecule has 1 fully saturated rings. The number of imidazole rings is 1. The van der Waals surface area contributed by atoms with Gasteiger partial charge >= 0.3 is 0 Å². The second-order valence-electron chi connectivity index (χ2n) is 7.18. The Kier molecular flexibility index (Phi) is 6.19. The lowest BCUT2D eigenvalue weighted by atomic mass is 10.1. The van der Waals surface area contributed by atoms with Crippen LogP contribution in [0.2, 0.25) is 0 Å². The molecule has 0 bridgehead atoms. The first-order chi connectivity index (χ1) is 13.8. The number of ether oxygens (including phenoxy) is 1. The molecule has 6 nitrogen and oxygen atoms in total. The summed E-state index contributed by atoms with van der Waals surface area (Å²) < 4.78 is 7.77. The van der Waals surface area contributed by atoms with E-state index in [0.29, 0.717) is 0 Å². The predicted molar refractivity (Wildman–Crippen MR) is 113 cm³/mol. The zero-order chi connectivity index (χ0) is 19.2. The van der Waals surface area contributed by atoms with Gasteiger partial charge in [0.2, 0.25) is 0 Å². The van der Waals surface area contributed by atoms with E-state index in [9.17, 15) is 0 Å². The first-order valence-electron chi connectivity index (χ1n) is 10.3. The van der Waals surface area contributed by atoms with Crippen molar-refractivity contribution in [3.05, 3.63) is 54.1 Å². The Balaban J connectivity index is 1.41. The first-order valence-corrected chi connectivity index (χ1v) is 10.3. The first kappa shape index (κ1) is 18.9. The molecule has 1 aliphatic heterocycles. The Morgan fingerprint density at radius 2 is 2.04 bits per heavy atom. The Hall–Kier alpha value is -2.44. The Labute approximate surface area is 166 Å². The van der Waals surface area contributed by atoms with Crippen molar-refractivity contribution in [3.63, 3.8) is 0 Å². The molecule has 1 saturated heterocycles. The van der Waals surface area contributed by atoms with E-state index < -0.39 is 0 Å². The van der Waals surface area contributed by atoms with Crippen LogP contribution in [-0.2, 0) is 24.2 Å². The highest BCUT2D eigenvalue weighted by Gasteiger charge is 2.17. The van der Waals surface area contributed by atoms with Gasteiger partial charge in [0.1, 0.15) is 11.6 Å². The number of para-hydroxylation sites is 1. The van der Waals surface area contributed by atoms with Crippen molar-refractivity contribution < 1.29 is 4.74 Å². The minimum absolute atomic E-state index is 0.770. The van der Waals surface area contributed by atoms with Crippen LogP contribution < -0.4 is 10.2 Å². The van der Waals surface area contributed by atoms with Crippen LogP contribution in [0.4, 0.5) is 5.82 Å². The van der Waals surface area contributed by atoms with Crippen LogP contribution in [0.1, 0.15) is 24.7 Å². The van der Waals surface area contributed by atoms with Gasteiger partial charge in [-0.25, -0.2) is 9.97 Å². The number of aryl methyl sites for hydroxylation is 2. The highest BCUT2D eigenvalue weighted by Crippen LogP contribution is 2.24. The molecule has 148 valence electrons. The Morgan fingerprint density at radius 1 is 1.18 bits per heavy atom. The van der Waals surface area contributed by atoms with Gasteiger partial charge in [0.25, 0.3) is 0 Å². The largest absolute Gasteiger partial charge is 0.378 e. The molecule has 0 saturated carbocycles. The zero-order valence-electron chi connectivity index (χ0n) is 16.6. The maximum Gasteiger partial charge on any atom is 0.133 e. The number of anilines is 1. The second-order valence-corrected chi connectivity index (χ2v) is 7.18. The van der Waals surface area contributed by atoms with E-state index in [-0.39, 0.29) is 0 Å². The average molecular weight is 380 g/mol. The summed E-state index contributed by atoms with van der Waals surface area (Å²) >= 11 is 0. The van der Waals surface area contributed by atoms with E-state index in [1.807, 2.05) is 6.20 Å². The molecule has 28 heavy (non-hydrogen) atoms. The lowest BCUT2D eigenvalue weighted by Crippen LogP contribution is -2.37. The van der Waals surface area contributed by atoms with Crippen LogP contribution >= 0.6 is 0 Å². The van der Waals surface area contributed by atoms with Gasteiger partial charge in [0, 0.05) is 55.9 Å². The number of hydrogen-bond donors (Lipinski definition) is 1. The number of pyridine rings is 1. The summed E-state index contributed by atoms with van der Waals surface area (Å²) in [6.07, 6.45) is 6.02. The van der Waals surface area contributed by atoms with Crippen molar-refractivity contribution in [1.29, 1.82) is 0 Å². The standard InChI is InChI=1S/C22H29N5O/c1-2-21-24-9-11-26(21)10-5-8-23-17-19-16-18-6-3-4-7-20(18)25-22(19)27-12-14-28-15-13-27/h3-4,6-7,9,11,16,23H,2,5,8,10,12-15,17H2,1H3. The van der Waals surface area contributed by atoms with E-state index in [1.165, 1.54) is 10.9 Å².